The van der Waals surface area contributed by atoms with Crippen molar-refractivity contribution in [1.82, 2.24) is 4.98 Å². The number of aromatic nitrogens is 1. The monoisotopic (exact) mass is 419 g/mol. The Labute approximate surface area is 178 Å². The smallest absolute Gasteiger partial charge is 0.374 e. The van der Waals surface area contributed by atoms with E-state index in [1.165, 1.54) is 24.8 Å². The normalized spacial score (nSPS) is 17.0. The SMILES string of the molecule is COC(=O)c1ccc(OC2=c3[nH]c4c(c3C(Cc3ccccc3F)C=C2)CCCC=4)o1. The molecule has 1 atom stereocenters. The number of benzene rings is 1. The molecule has 31 heavy (non-hydrogen) atoms. The molecule has 5 rings (SSSR count). The van der Waals surface area contributed by atoms with Gasteiger partial charge in [-0.3, -0.25) is 0 Å². The van der Waals surface area contributed by atoms with Crippen LogP contribution in [0.3, 0.4) is 0 Å². The summed E-state index contributed by atoms with van der Waals surface area (Å²) >= 11 is 0. The Bertz CT molecular complexity index is 1300. The molecule has 1 aromatic carbocycles. The lowest BCUT2D eigenvalue weighted by Gasteiger charge is -2.20. The molecule has 1 N–H and O–H groups in total. The van der Waals surface area contributed by atoms with Crippen molar-refractivity contribution in [3.63, 3.8) is 0 Å². The van der Waals surface area contributed by atoms with E-state index in [-0.39, 0.29) is 23.4 Å². The Morgan fingerprint density at radius 3 is 2.97 bits per heavy atom. The van der Waals surface area contributed by atoms with Crippen LogP contribution in [-0.4, -0.2) is 18.1 Å². The first-order chi connectivity index (χ1) is 15.1. The fourth-order valence-corrected chi connectivity index (χ4v) is 4.38. The van der Waals surface area contributed by atoms with Crippen LogP contribution in [0.5, 0.6) is 5.95 Å². The third-order valence-electron chi connectivity index (χ3n) is 5.83. The molecule has 0 radical (unpaired) electrons. The van der Waals surface area contributed by atoms with E-state index in [4.69, 9.17) is 9.15 Å². The molecule has 1 unspecified atom stereocenters. The number of aromatic amines is 1. The van der Waals surface area contributed by atoms with Crippen molar-refractivity contribution in [3.8, 4) is 5.95 Å². The molecule has 2 aromatic heterocycles. The Balaban J connectivity index is 1.56. The third kappa shape index (κ3) is 3.58. The van der Waals surface area contributed by atoms with Crippen LogP contribution >= 0.6 is 0 Å². The predicted molar refractivity (Wildman–Crippen MR) is 114 cm³/mol. The van der Waals surface area contributed by atoms with Crippen molar-refractivity contribution in [2.45, 2.75) is 31.6 Å². The van der Waals surface area contributed by atoms with Crippen molar-refractivity contribution in [1.29, 1.82) is 0 Å². The number of halogens is 1. The molecule has 3 aromatic rings. The minimum atomic E-state index is -0.561. The summed E-state index contributed by atoms with van der Waals surface area (Å²) in [5, 5.41) is 1.98. The molecule has 0 aliphatic heterocycles. The number of carbonyl (C=O) groups excluding carboxylic acids is 1. The highest BCUT2D eigenvalue weighted by molar-refractivity contribution is 5.86. The Hall–Kier alpha value is -3.54. The Morgan fingerprint density at radius 1 is 1.26 bits per heavy atom. The number of nitrogens with one attached hydrogen (secondary N) is 1. The van der Waals surface area contributed by atoms with Gasteiger partial charge in [0.05, 0.1) is 12.5 Å². The van der Waals surface area contributed by atoms with Gasteiger partial charge in [-0.15, -0.1) is 0 Å². The standard InChI is InChI=1S/C25H22FNO4/c1-29-25(28)21-12-13-22(31-21)30-20-11-10-16(14-15-6-2-4-8-18(15)26)23-17-7-3-5-9-19(17)27-24(20)23/h2,4,6,8-13,16,27H,3,5,7,14H2,1H3. The summed E-state index contributed by atoms with van der Waals surface area (Å²) in [6, 6.07) is 10.0. The van der Waals surface area contributed by atoms with Crippen molar-refractivity contribution in [3.05, 3.63) is 87.5 Å². The van der Waals surface area contributed by atoms with E-state index in [0.29, 0.717) is 17.7 Å². The lowest BCUT2D eigenvalue weighted by Crippen LogP contribution is -2.23. The zero-order valence-electron chi connectivity index (χ0n) is 17.1. The average molecular weight is 419 g/mol. The maximum absolute atomic E-state index is 14.3. The fraction of sp³-hybridized carbons (Fsp3) is 0.240. The van der Waals surface area contributed by atoms with Gasteiger partial charge in [-0.25, -0.2) is 9.18 Å². The van der Waals surface area contributed by atoms with Crippen molar-refractivity contribution < 1.29 is 23.1 Å². The largest absolute Gasteiger partial charge is 0.463 e. The third-order valence-corrected chi connectivity index (χ3v) is 5.83. The number of esters is 1. The number of furan rings is 1. The van der Waals surface area contributed by atoms with E-state index in [1.807, 2.05) is 18.2 Å². The highest BCUT2D eigenvalue weighted by atomic mass is 19.1. The molecule has 158 valence electrons. The average Bonchev–Trinajstić information content (AvgIpc) is 3.41. The lowest BCUT2D eigenvalue weighted by molar-refractivity contribution is 0.0560. The van der Waals surface area contributed by atoms with Crippen LogP contribution < -0.4 is 15.4 Å². The maximum Gasteiger partial charge on any atom is 0.374 e. The van der Waals surface area contributed by atoms with Crippen LogP contribution in [0, 0.1) is 5.82 Å². The molecule has 2 heterocycles. The minimum Gasteiger partial charge on any atom is -0.463 e. The Morgan fingerprint density at radius 2 is 2.13 bits per heavy atom. The van der Waals surface area contributed by atoms with E-state index in [9.17, 15) is 9.18 Å². The first kappa shape index (κ1) is 19.4. The highest BCUT2D eigenvalue weighted by Crippen LogP contribution is 2.29. The molecular weight excluding hydrogens is 397 g/mol. The predicted octanol–water partition coefficient (Wildman–Crippen LogP) is 3.73. The second kappa shape index (κ2) is 7.95. The van der Waals surface area contributed by atoms with Crippen LogP contribution in [0.4, 0.5) is 4.39 Å². The van der Waals surface area contributed by atoms with Gasteiger partial charge in [0.15, 0.2) is 5.76 Å². The van der Waals surface area contributed by atoms with Crippen LogP contribution in [0.2, 0.25) is 0 Å². The molecule has 0 amide bonds. The first-order valence-corrected chi connectivity index (χ1v) is 10.4. The van der Waals surface area contributed by atoms with Crippen molar-refractivity contribution >= 4 is 17.8 Å². The maximum atomic E-state index is 14.3. The van der Waals surface area contributed by atoms with Gasteiger partial charge >= 0.3 is 5.97 Å². The second-order valence-electron chi connectivity index (χ2n) is 7.74. The number of carbonyl (C=O) groups is 1. The second-order valence-corrected chi connectivity index (χ2v) is 7.74. The van der Waals surface area contributed by atoms with Gasteiger partial charge in [0.25, 0.3) is 5.95 Å². The van der Waals surface area contributed by atoms with Gasteiger partial charge in [-0.1, -0.05) is 30.4 Å². The molecule has 0 bridgehead atoms. The van der Waals surface area contributed by atoms with Crippen LogP contribution in [0.1, 0.15) is 46.0 Å². The van der Waals surface area contributed by atoms with E-state index >= 15 is 0 Å². The van der Waals surface area contributed by atoms with Gasteiger partial charge in [0, 0.05) is 17.3 Å². The van der Waals surface area contributed by atoms with Gasteiger partial charge in [-0.05, 0) is 60.6 Å². The zero-order chi connectivity index (χ0) is 21.4. The summed E-state index contributed by atoms with van der Waals surface area (Å²) in [7, 11) is 1.30. The van der Waals surface area contributed by atoms with Gasteiger partial charge < -0.3 is 18.9 Å². The van der Waals surface area contributed by atoms with E-state index < -0.39 is 5.97 Å². The summed E-state index contributed by atoms with van der Waals surface area (Å²) in [5.41, 5.74) is 3.10. The number of fused-ring (bicyclic) bond motifs is 3. The van der Waals surface area contributed by atoms with Crippen molar-refractivity contribution in [2.75, 3.05) is 7.11 Å². The minimum absolute atomic E-state index is 0.0352. The number of rotatable bonds is 5. The molecular formula is C25H22FNO4. The molecule has 0 saturated heterocycles. The molecule has 2 aliphatic rings. The summed E-state index contributed by atoms with van der Waals surface area (Å²) < 4.78 is 30.5. The van der Waals surface area contributed by atoms with Crippen molar-refractivity contribution in [2.24, 2.45) is 0 Å². The number of hydrogen-bond acceptors (Lipinski definition) is 4. The molecule has 0 spiro atoms. The number of hydrogen-bond donors (Lipinski definition) is 1. The number of H-pyrrole nitrogens is 1. The number of methoxy groups -OCH3 is 1. The summed E-state index contributed by atoms with van der Waals surface area (Å²) in [6.45, 7) is 0. The zero-order valence-corrected chi connectivity index (χ0v) is 17.1. The van der Waals surface area contributed by atoms with E-state index in [0.717, 1.165) is 35.5 Å². The van der Waals surface area contributed by atoms with Crippen LogP contribution in [0.15, 0.2) is 53.0 Å². The summed E-state index contributed by atoms with van der Waals surface area (Å²) in [4.78, 5) is 15.2. The van der Waals surface area contributed by atoms with E-state index in [2.05, 4.69) is 21.9 Å². The fourth-order valence-electron chi connectivity index (χ4n) is 4.38. The molecule has 5 nitrogen and oxygen atoms in total. The molecule has 0 fully saturated rings. The number of allylic oxidation sites excluding steroid dienone is 1. The molecule has 0 saturated carbocycles. The van der Waals surface area contributed by atoms with E-state index in [1.54, 1.807) is 12.1 Å². The van der Waals surface area contributed by atoms with Crippen LogP contribution in [0.25, 0.3) is 11.8 Å². The van der Waals surface area contributed by atoms with Gasteiger partial charge in [0.2, 0.25) is 5.76 Å². The summed E-state index contributed by atoms with van der Waals surface area (Å²) in [5.74, 6) is 0.172. The highest BCUT2D eigenvalue weighted by Gasteiger charge is 2.25. The topological polar surface area (TPSA) is 64.5 Å². The number of ether oxygens (including phenoxy) is 2. The van der Waals surface area contributed by atoms with Gasteiger partial charge in [0.1, 0.15) is 5.82 Å². The summed E-state index contributed by atoms with van der Waals surface area (Å²) in [6.07, 6.45) is 9.80. The lowest BCUT2D eigenvalue weighted by atomic mass is 9.85. The molecule has 2 aliphatic carbocycles. The van der Waals surface area contributed by atoms with Gasteiger partial charge in [-0.2, -0.15) is 0 Å². The first-order valence-electron chi connectivity index (χ1n) is 10.4. The quantitative estimate of drug-likeness (QED) is 0.640. The van der Waals surface area contributed by atoms with Crippen LogP contribution in [-0.2, 0) is 17.6 Å². The molecule has 6 heteroatoms. The Kier molecular flexibility index (Phi) is 4.98.